The van der Waals surface area contributed by atoms with E-state index in [0.29, 0.717) is 6.61 Å². The van der Waals surface area contributed by atoms with Crippen molar-refractivity contribution in [2.24, 2.45) is 5.73 Å². The molecule has 0 aliphatic carbocycles. The number of nitrogens with two attached hydrogens (primary N) is 1. The average Bonchev–Trinajstić information content (AvgIpc) is 2.24. The minimum absolute atomic E-state index is 0.0341. The molecule has 1 aromatic carbocycles. The SMILES string of the molecule is CCCOc1c(Br)cc(Br)cc1/C=C/C(C)N. The van der Waals surface area contributed by atoms with Crippen LogP contribution in [0.3, 0.4) is 0 Å². The Bertz CT molecular complexity index is 403. The molecule has 1 unspecified atom stereocenters. The van der Waals surface area contributed by atoms with Gasteiger partial charge in [0.05, 0.1) is 11.1 Å². The number of hydrogen-bond donors (Lipinski definition) is 1. The Kier molecular flexibility index (Phi) is 6.23. The van der Waals surface area contributed by atoms with Gasteiger partial charge in [-0.2, -0.15) is 0 Å². The molecule has 17 heavy (non-hydrogen) atoms. The number of rotatable bonds is 5. The lowest BCUT2D eigenvalue weighted by atomic mass is 10.1. The third-order valence-electron chi connectivity index (χ3n) is 2.07. The molecule has 0 bridgehead atoms. The molecule has 1 aromatic rings. The zero-order valence-corrected chi connectivity index (χ0v) is 13.2. The Morgan fingerprint density at radius 3 is 2.71 bits per heavy atom. The smallest absolute Gasteiger partial charge is 0.140 e. The van der Waals surface area contributed by atoms with E-state index in [-0.39, 0.29) is 6.04 Å². The molecule has 0 aliphatic heterocycles. The maximum absolute atomic E-state index is 5.74. The van der Waals surface area contributed by atoms with Crippen LogP contribution < -0.4 is 10.5 Å². The monoisotopic (exact) mass is 361 g/mol. The minimum Gasteiger partial charge on any atom is -0.492 e. The van der Waals surface area contributed by atoms with E-state index in [0.717, 1.165) is 26.7 Å². The molecule has 0 radical (unpaired) electrons. The van der Waals surface area contributed by atoms with Crippen LogP contribution in [0.5, 0.6) is 5.75 Å². The summed E-state index contributed by atoms with van der Waals surface area (Å²) in [7, 11) is 0. The van der Waals surface area contributed by atoms with Gasteiger partial charge in [-0.25, -0.2) is 0 Å². The summed E-state index contributed by atoms with van der Waals surface area (Å²) in [6.45, 7) is 4.74. The number of halogens is 2. The van der Waals surface area contributed by atoms with Crippen molar-refractivity contribution >= 4 is 37.9 Å². The molecule has 0 amide bonds. The fourth-order valence-corrected chi connectivity index (χ4v) is 2.69. The van der Waals surface area contributed by atoms with E-state index >= 15 is 0 Å². The second-order valence-corrected chi connectivity index (χ2v) is 5.64. The van der Waals surface area contributed by atoms with Gasteiger partial charge in [0.25, 0.3) is 0 Å². The molecule has 2 nitrogen and oxygen atoms in total. The van der Waals surface area contributed by atoms with Crippen LogP contribution in [0.15, 0.2) is 27.2 Å². The highest BCUT2D eigenvalue weighted by Gasteiger charge is 2.08. The Morgan fingerprint density at radius 1 is 1.41 bits per heavy atom. The van der Waals surface area contributed by atoms with Crippen molar-refractivity contribution in [3.63, 3.8) is 0 Å². The molecule has 0 aromatic heterocycles. The Labute approximate surface area is 119 Å². The molecule has 1 atom stereocenters. The lowest BCUT2D eigenvalue weighted by Gasteiger charge is -2.11. The normalized spacial score (nSPS) is 13.0. The first-order valence-electron chi connectivity index (χ1n) is 5.60. The maximum atomic E-state index is 5.74. The quantitative estimate of drug-likeness (QED) is 0.844. The van der Waals surface area contributed by atoms with Gasteiger partial charge in [-0.3, -0.25) is 0 Å². The first-order valence-corrected chi connectivity index (χ1v) is 7.18. The summed E-state index contributed by atoms with van der Waals surface area (Å²) < 4.78 is 7.70. The summed E-state index contributed by atoms with van der Waals surface area (Å²) in [4.78, 5) is 0. The van der Waals surface area contributed by atoms with Crippen LogP contribution in [0, 0.1) is 0 Å². The van der Waals surface area contributed by atoms with Gasteiger partial charge >= 0.3 is 0 Å². The van der Waals surface area contributed by atoms with Gasteiger partial charge in [-0.15, -0.1) is 0 Å². The topological polar surface area (TPSA) is 35.2 Å². The van der Waals surface area contributed by atoms with Gasteiger partial charge < -0.3 is 10.5 Å². The van der Waals surface area contributed by atoms with Crippen molar-refractivity contribution in [3.05, 3.63) is 32.7 Å². The van der Waals surface area contributed by atoms with Gasteiger partial charge in [0, 0.05) is 16.1 Å². The van der Waals surface area contributed by atoms with Crippen molar-refractivity contribution in [2.75, 3.05) is 6.61 Å². The molecule has 0 saturated carbocycles. The van der Waals surface area contributed by atoms with E-state index in [2.05, 4.69) is 38.8 Å². The molecule has 94 valence electrons. The molecule has 0 saturated heterocycles. The zero-order chi connectivity index (χ0) is 12.8. The summed E-state index contributed by atoms with van der Waals surface area (Å²) in [6, 6.07) is 4.04. The van der Waals surface area contributed by atoms with Gasteiger partial charge in [0.1, 0.15) is 5.75 Å². The van der Waals surface area contributed by atoms with Gasteiger partial charge in [-0.05, 0) is 41.4 Å². The van der Waals surface area contributed by atoms with E-state index in [9.17, 15) is 0 Å². The van der Waals surface area contributed by atoms with E-state index in [1.165, 1.54) is 0 Å². The molecule has 0 aliphatic rings. The predicted molar refractivity (Wildman–Crippen MR) is 80.3 cm³/mol. The van der Waals surface area contributed by atoms with Gasteiger partial charge in [-0.1, -0.05) is 35.0 Å². The van der Waals surface area contributed by atoms with Crippen LogP contribution in [0.4, 0.5) is 0 Å². The van der Waals surface area contributed by atoms with Crippen LogP contribution in [-0.4, -0.2) is 12.6 Å². The van der Waals surface area contributed by atoms with E-state index in [1.54, 1.807) is 0 Å². The Morgan fingerprint density at radius 2 is 2.12 bits per heavy atom. The van der Waals surface area contributed by atoms with Crippen molar-refractivity contribution in [2.45, 2.75) is 26.3 Å². The molecular formula is C13H17Br2NO. The third-order valence-corrected chi connectivity index (χ3v) is 3.11. The number of benzene rings is 1. The van der Waals surface area contributed by atoms with Crippen molar-refractivity contribution in [3.8, 4) is 5.75 Å². The second-order valence-electron chi connectivity index (χ2n) is 3.87. The summed E-state index contributed by atoms with van der Waals surface area (Å²) >= 11 is 6.99. The first-order chi connectivity index (χ1) is 8.04. The highest BCUT2D eigenvalue weighted by Crippen LogP contribution is 2.33. The van der Waals surface area contributed by atoms with E-state index in [4.69, 9.17) is 10.5 Å². The summed E-state index contributed by atoms with van der Waals surface area (Å²) in [5.74, 6) is 0.868. The standard InChI is InChI=1S/C13H17Br2NO/c1-3-6-17-13-10(5-4-9(2)16)7-11(14)8-12(13)15/h4-5,7-9H,3,6,16H2,1-2H3/b5-4+. The van der Waals surface area contributed by atoms with E-state index < -0.39 is 0 Å². The van der Waals surface area contributed by atoms with E-state index in [1.807, 2.05) is 31.2 Å². The van der Waals surface area contributed by atoms with Crippen molar-refractivity contribution in [1.29, 1.82) is 0 Å². The molecular weight excluding hydrogens is 346 g/mol. The van der Waals surface area contributed by atoms with Crippen molar-refractivity contribution in [1.82, 2.24) is 0 Å². The molecule has 0 fully saturated rings. The maximum Gasteiger partial charge on any atom is 0.140 e. The van der Waals surface area contributed by atoms with Crippen molar-refractivity contribution < 1.29 is 4.74 Å². The number of ether oxygens (including phenoxy) is 1. The van der Waals surface area contributed by atoms with Crippen LogP contribution >= 0.6 is 31.9 Å². The van der Waals surface area contributed by atoms with Crippen LogP contribution in [0.2, 0.25) is 0 Å². The van der Waals surface area contributed by atoms with Gasteiger partial charge in [0.15, 0.2) is 0 Å². The summed E-state index contributed by atoms with van der Waals surface area (Å²) in [6.07, 6.45) is 4.93. The highest BCUT2D eigenvalue weighted by molar-refractivity contribution is 9.11. The third kappa shape index (κ3) is 4.82. The summed E-state index contributed by atoms with van der Waals surface area (Å²) in [5.41, 5.74) is 6.74. The molecule has 0 heterocycles. The molecule has 0 spiro atoms. The average molecular weight is 363 g/mol. The Hall–Kier alpha value is -0.320. The summed E-state index contributed by atoms with van der Waals surface area (Å²) in [5, 5.41) is 0. The lowest BCUT2D eigenvalue weighted by molar-refractivity contribution is 0.315. The fourth-order valence-electron chi connectivity index (χ4n) is 1.32. The van der Waals surface area contributed by atoms with Gasteiger partial charge in [0.2, 0.25) is 0 Å². The molecule has 1 rings (SSSR count). The highest BCUT2D eigenvalue weighted by atomic mass is 79.9. The molecule has 4 heteroatoms. The van der Waals surface area contributed by atoms with Crippen LogP contribution in [0.1, 0.15) is 25.8 Å². The zero-order valence-electron chi connectivity index (χ0n) is 10.0. The van der Waals surface area contributed by atoms with Crippen LogP contribution in [0.25, 0.3) is 6.08 Å². The predicted octanol–water partition coefficient (Wildman–Crippen LogP) is 4.36. The second kappa shape index (κ2) is 7.19. The lowest BCUT2D eigenvalue weighted by Crippen LogP contribution is -2.10. The first kappa shape index (κ1) is 14.7. The molecule has 2 N–H and O–H groups in total. The Balaban J connectivity index is 3.06. The number of hydrogen-bond acceptors (Lipinski definition) is 2. The minimum atomic E-state index is 0.0341. The largest absolute Gasteiger partial charge is 0.492 e. The van der Waals surface area contributed by atoms with Crippen LogP contribution in [-0.2, 0) is 0 Å². The fraction of sp³-hybridized carbons (Fsp3) is 0.385.